The van der Waals surface area contributed by atoms with E-state index in [1.54, 1.807) is 5.38 Å². The molecule has 5 nitrogen and oxygen atoms in total. The Morgan fingerprint density at radius 2 is 2.17 bits per heavy atom. The first-order chi connectivity index (χ1) is 8.51. The number of hydrogen-bond acceptors (Lipinski definition) is 6. The molecule has 0 saturated heterocycles. The van der Waals surface area contributed by atoms with E-state index < -0.39 is 10.0 Å². The summed E-state index contributed by atoms with van der Waals surface area (Å²) >= 11 is 2.58. The summed E-state index contributed by atoms with van der Waals surface area (Å²) in [5.41, 5.74) is 1.31. The van der Waals surface area contributed by atoms with Gasteiger partial charge < -0.3 is 5.11 Å². The Bertz CT molecular complexity index is 630. The van der Waals surface area contributed by atoms with Gasteiger partial charge in [0.05, 0.1) is 23.9 Å². The van der Waals surface area contributed by atoms with Crippen LogP contribution in [-0.4, -0.2) is 18.5 Å². The van der Waals surface area contributed by atoms with Crippen molar-refractivity contribution in [3.63, 3.8) is 0 Å². The molecule has 0 amide bonds. The second-order valence-electron chi connectivity index (χ2n) is 3.61. The van der Waals surface area contributed by atoms with E-state index in [1.807, 2.05) is 12.3 Å². The quantitative estimate of drug-likeness (QED) is 0.877. The van der Waals surface area contributed by atoms with Crippen LogP contribution in [0.2, 0.25) is 0 Å². The van der Waals surface area contributed by atoms with E-state index in [0.717, 1.165) is 16.3 Å². The highest BCUT2D eigenvalue weighted by Gasteiger charge is 2.16. The van der Waals surface area contributed by atoms with Crippen molar-refractivity contribution in [1.82, 2.24) is 9.71 Å². The molecule has 2 heterocycles. The Labute approximate surface area is 113 Å². The van der Waals surface area contributed by atoms with Crippen LogP contribution in [0.3, 0.4) is 0 Å². The molecule has 0 atom stereocenters. The van der Waals surface area contributed by atoms with Gasteiger partial charge in [0.15, 0.2) is 0 Å². The maximum atomic E-state index is 11.9. The van der Waals surface area contributed by atoms with Crippen molar-refractivity contribution < 1.29 is 13.5 Å². The molecule has 0 aliphatic carbocycles. The van der Waals surface area contributed by atoms with Crippen LogP contribution in [0, 0.1) is 6.92 Å². The van der Waals surface area contributed by atoms with Crippen LogP contribution >= 0.6 is 22.7 Å². The first-order valence-electron chi connectivity index (χ1n) is 5.10. The van der Waals surface area contributed by atoms with Crippen molar-refractivity contribution in [3.05, 3.63) is 33.1 Å². The summed E-state index contributed by atoms with van der Waals surface area (Å²) in [5.74, 6) is 0. The SMILES string of the molecule is Cc1nc(CNS(=O)(=O)c2cc(CO)cs2)cs1. The molecule has 0 aromatic carbocycles. The molecule has 18 heavy (non-hydrogen) atoms. The Morgan fingerprint density at radius 3 is 2.72 bits per heavy atom. The molecule has 0 aliphatic heterocycles. The number of thiophene rings is 1. The number of thiazole rings is 1. The second-order valence-corrected chi connectivity index (χ2v) is 7.58. The third-order valence-electron chi connectivity index (χ3n) is 2.19. The highest BCUT2D eigenvalue weighted by Crippen LogP contribution is 2.20. The van der Waals surface area contributed by atoms with Crippen LogP contribution in [0.5, 0.6) is 0 Å². The predicted octanol–water partition coefficient (Wildman–Crippen LogP) is 1.48. The van der Waals surface area contributed by atoms with Gasteiger partial charge in [-0.2, -0.15) is 0 Å². The molecule has 98 valence electrons. The monoisotopic (exact) mass is 304 g/mol. The number of aryl methyl sites for hydroxylation is 1. The van der Waals surface area contributed by atoms with Gasteiger partial charge in [-0.3, -0.25) is 0 Å². The molecule has 0 aliphatic rings. The van der Waals surface area contributed by atoms with E-state index in [2.05, 4.69) is 9.71 Å². The summed E-state index contributed by atoms with van der Waals surface area (Å²) in [6, 6.07) is 1.47. The topological polar surface area (TPSA) is 79.3 Å². The number of sulfonamides is 1. The molecule has 0 unspecified atom stereocenters. The molecule has 2 rings (SSSR count). The summed E-state index contributed by atoms with van der Waals surface area (Å²) in [4.78, 5) is 4.18. The van der Waals surface area contributed by atoms with Gasteiger partial charge in [0, 0.05) is 5.38 Å². The summed E-state index contributed by atoms with van der Waals surface area (Å²) in [6.07, 6.45) is 0. The largest absolute Gasteiger partial charge is 0.392 e. The number of aliphatic hydroxyl groups is 1. The second kappa shape index (κ2) is 5.45. The van der Waals surface area contributed by atoms with E-state index >= 15 is 0 Å². The minimum atomic E-state index is -3.52. The summed E-state index contributed by atoms with van der Waals surface area (Å²) in [6.45, 7) is 1.89. The van der Waals surface area contributed by atoms with Gasteiger partial charge >= 0.3 is 0 Å². The Hall–Kier alpha value is -0.800. The van der Waals surface area contributed by atoms with Crippen molar-refractivity contribution in [2.75, 3.05) is 0 Å². The normalized spacial score (nSPS) is 11.9. The van der Waals surface area contributed by atoms with Crippen LogP contribution in [0.15, 0.2) is 21.0 Å². The molecule has 0 bridgehead atoms. The number of hydrogen-bond donors (Lipinski definition) is 2. The molecule has 0 saturated carbocycles. The zero-order chi connectivity index (χ0) is 13.2. The van der Waals surface area contributed by atoms with Crippen LogP contribution in [0.1, 0.15) is 16.3 Å². The van der Waals surface area contributed by atoms with Crippen LogP contribution in [0.4, 0.5) is 0 Å². The standard InChI is InChI=1S/C10H12N2O3S3/c1-7-12-9(6-16-7)3-11-18(14,15)10-2-8(4-13)5-17-10/h2,5-6,11,13H,3-4H2,1H3. The van der Waals surface area contributed by atoms with Gasteiger partial charge in [-0.05, 0) is 23.9 Å². The van der Waals surface area contributed by atoms with Gasteiger partial charge in [0.1, 0.15) is 4.21 Å². The Morgan fingerprint density at radius 1 is 1.39 bits per heavy atom. The molecular formula is C10H12N2O3S3. The number of aliphatic hydroxyl groups excluding tert-OH is 1. The molecule has 2 aromatic heterocycles. The van der Waals surface area contributed by atoms with Gasteiger partial charge in [0.25, 0.3) is 0 Å². The first kappa shape index (κ1) is 13.6. The van der Waals surface area contributed by atoms with Crippen molar-refractivity contribution in [2.24, 2.45) is 0 Å². The van der Waals surface area contributed by atoms with E-state index in [9.17, 15) is 8.42 Å². The van der Waals surface area contributed by atoms with Gasteiger partial charge in [-0.1, -0.05) is 0 Å². The molecule has 0 spiro atoms. The minimum Gasteiger partial charge on any atom is -0.392 e. The average Bonchev–Trinajstić information content (AvgIpc) is 2.95. The number of rotatable bonds is 5. The minimum absolute atomic E-state index is 0.155. The van der Waals surface area contributed by atoms with E-state index in [1.165, 1.54) is 17.4 Å². The fourth-order valence-corrected chi connectivity index (χ4v) is 4.16. The Kier molecular flexibility index (Phi) is 4.13. The molecule has 2 N–H and O–H groups in total. The summed E-state index contributed by atoms with van der Waals surface area (Å²) in [5, 5.41) is 13.3. The lowest BCUT2D eigenvalue weighted by atomic mass is 10.4. The third-order valence-corrected chi connectivity index (χ3v) is 5.90. The van der Waals surface area contributed by atoms with Crippen molar-refractivity contribution in [1.29, 1.82) is 0 Å². The van der Waals surface area contributed by atoms with Crippen LogP contribution in [-0.2, 0) is 23.2 Å². The van der Waals surface area contributed by atoms with E-state index in [0.29, 0.717) is 11.3 Å². The maximum Gasteiger partial charge on any atom is 0.250 e. The van der Waals surface area contributed by atoms with Gasteiger partial charge in [-0.15, -0.1) is 22.7 Å². The first-order valence-corrected chi connectivity index (χ1v) is 8.34. The van der Waals surface area contributed by atoms with E-state index in [-0.39, 0.29) is 17.4 Å². The molecule has 2 aromatic rings. The highest BCUT2D eigenvalue weighted by molar-refractivity contribution is 7.91. The molecular weight excluding hydrogens is 292 g/mol. The summed E-state index contributed by atoms with van der Waals surface area (Å²) < 4.78 is 26.6. The molecule has 0 radical (unpaired) electrons. The molecule has 8 heteroatoms. The molecule has 0 fully saturated rings. The van der Waals surface area contributed by atoms with Crippen molar-refractivity contribution in [2.45, 2.75) is 24.3 Å². The average molecular weight is 304 g/mol. The van der Waals surface area contributed by atoms with Crippen LogP contribution < -0.4 is 4.72 Å². The lowest BCUT2D eigenvalue weighted by Crippen LogP contribution is -2.22. The number of nitrogens with zero attached hydrogens (tertiary/aromatic N) is 1. The third kappa shape index (κ3) is 3.15. The predicted molar refractivity (Wildman–Crippen MR) is 71.1 cm³/mol. The zero-order valence-corrected chi connectivity index (χ0v) is 12.0. The van der Waals surface area contributed by atoms with Gasteiger partial charge in [0.2, 0.25) is 10.0 Å². The van der Waals surface area contributed by atoms with Crippen molar-refractivity contribution >= 4 is 32.7 Å². The zero-order valence-electron chi connectivity index (χ0n) is 9.58. The number of aromatic nitrogens is 1. The summed E-state index contributed by atoms with van der Waals surface area (Å²) in [7, 11) is -3.52. The van der Waals surface area contributed by atoms with E-state index in [4.69, 9.17) is 5.11 Å². The fraction of sp³-hybridized carbons (Fsp3) is 0.300. The lowest BCUT2D eigenvalue weighted by molar-refractivity contribution is 0.282. The lowest BCUT2D eigenvalue weighted by Gasteiger charge is -2.02. The van der Waals surface area contributed by atoms with Crippen molar-refractivity contribution in [3.8, 4) is 0 Å². The maximum absolute atomic E-state index is 11.9. The van der Waals surface area contributed by atoms with Gasteiger partial charge in [-0.25, -0.2) is 18.1 Å². The van der Waals surface area contributed by atoms with Crippen LogP contribution in [0.25, 0.3) is 0 Å². The highest BCUT2D eigenvalue weighted by atomic mass is 32.2. The fourth-order valence-electron chi connectivity index (χ4n) is 1.31. The number of nitrogens with one attached hydrogen (secondary N) is 1. The Balaban J connectivity index is 2.07. The smallest absolute Gasteiger partial charge is 0.250 e.